The van der Waals surface area contributed by atoms with Gasteiger partial charge in [-0.25, -0.2) is 12.8 Å². The van der Waals surface area contributed by atoms with Crippen molar-refractivity contribution in [2.45, 2.75) is 17.9 Å². The van der Waals surface area contributed by atoms with Gasteiger partial charge in [0.05, 0.1) is 4.90 Å². The van der Waals surface area contributed by atoms with Crippen LogP contribution in [0.2, 0.25) is 5.02 Å². The summed E-state index contributed by atoms with van der Waals surface area (Å²) in [4.78, 5) is 23.5. The van der Waals surface area contributed by atoms with Crippen LogP contribution in [-0.2, 0) is 24.3 Å². The van der Waals surface area contributed by atoms with Crippen molar-refractivity contribution in [1.82, 2.24) is 4.72 Å². The summed E-state index contributed by atoms with van der Waals surface area (Å²) < 4.78 is 44.0. The van der Waals surface area contributed by atoms with E-state index in [1.54, 1.807) is 18.2 Å². The number of amides is 1. The molecular formula is C17H16ClFN2O5S. The van der Waals surface area contributed by atoms with E-state index < -0.39 is 40.4 Å². The fourth-order valence-electron chi connectivity index (χ4n) is 1.97. The molecule has 0 fully saturated rings. The molecule has 2 N–H and O–H groups in total. The molecule has 27 heavy (non-hydrogen) atoms. The van der Waals surface area contributed by atoms with Crippen molar-refractivity contribution >= 4 is 39.2 Å². The third-order valence-electron chi connectivity index (χ3n) is 3.28. The lowest BCUT2D eigenvalue weighted by Gasteiger charge is -2.14. The summed E-state index contributed by atoms with van der Waals surface area (Å²) >= 11 is 5.81. The molecule has 0 saturated heterocycles. The molecule has 0 spiro atoms. The van der Waals surface area contributed by atoms with E-state index >= 15 is 0 Å². The molecule has 1 atom stereocenters. The van der Waals surface area contributed by atoms with Gasteiger partial charge in [0.25, 0.3) is 5.91 Å². The summed E-state index contributed by atoms with van der Waals surface area (Å²) in [5.74, 6) is -2.31. The number of halogens is 2. The molecule has 0 aliphatic rings. The maximum Gasteiger partial charge on any atom is 0.321 e. The van der Waals surface area contributed by atoms with Crippen molar-refractivity contribution < 1.29 is 27.1 Å². The summed E-state index contributed by atoms with van der Waals surface area (Å²) in [5.41, 5.74) is 0.419. The van der Waals surface area contributed by atoms with E-state index in [0.29, 0.717) is 10.7 Å². The van der Waals surface area contributed by atoms with Gasteiger partial charge < -0.3 is 10.1 Å². The molecule has 0 aliphatic carbocycles. The van der Waals surface area contributed by atoms with Crippen molar-refractivity contribution in [3.8, 4) is 0 Å². The van der Waals surface area contributed by atoms with Crippen molar-refractivity contribution in [3.63, 3.8) is 0 Å². The third-order valence-corrected chi connectivity index (χ3v) is 4.92. The summed E-state index contributed by atoms with van der Waals surface area (Å²) in [6.07, 6.45) is -1.17. The zero-order valence-electron chi connectivity index (χ0n) is 14.1. The van der Waals surface area contributed by atoms with Crippen molar-refractivity contribution in [1.29, 1.82) is 0 Å². The Hall–Kier alpha value is -2.49. The van der Waals surface area contributed by atoms with Crippen LogP contribution in [0.5, 0.6) is 0 Å². The van der Waals surface area contributed by atoms with Crippen LogP contribution in [0.4, 0.5) is 10.1 Å². The molecule has 7 nitrogen and oxygen atoms in total. The van der Waals surface area contributed by atoms with Gasteiger partial charge in [0, 0.05) is 10.7 Å². The Kier molecular flexibility index (Phi) is 6.89. The molecule has 2 aromatic carbocycles. The van der Waals surface area contributed by atoms with Crippen LogP contribution >= 0.6 is 11.6 Å². The highest BCUT2D eigenvalue weighted by molar-refractivity contribution is 7.89. The maximum absolute atomic E-state index is 13.1. The minimum Gasteiger partial charge on any atom is -0.452 e. The first-order valence-corrected chi connectivity index (χ1v) is 9.54. The normalized spacial score (nSPS) is 12.3. The number of carbonyl (C=O) groups excluding carboxylic acids is 2. The van der Waals surface area contributed by atoms with Gasteiger partial charge in [-0.1, -0.05) is 23.7 Å². The average Bonchev–Trinajstić information content (AvgIpc) is 2.60. The summed E-state index contributed by atoms with van der Waals surface area (Å²) in [7, 11) is -4.09. The van der Waals surface area contributed by atoms with Crippen LogP contribution in [0.25, 0.3) is 0 Å². The van der Waals surface area contributed by atoms with Crippen LogP contribution in [0.3, 0.4) is 0 Å². The van der Waals surface area contributed by atoms with Crippen LogP contribution < -0.4 is 10.0 Å². The Morgan fingerprint density at radius 2 is 1.89 bits per heavy atom. The molecule has 2 rings (SSSR count). The number of hydrogen-bond donors (Lipinski definition) is 2. The molecule has 0 aromatic heterocycles. The maximum atomic E-state index is 13.1. The third kappa shape index (κ3) is 6.31. The number of nitrogens with one attached hydrogen (secondary N) is 2. The molecular weight excluding hydrogens is 399 g/mol. The number of ether oxygens (including phenoxy) is 1. The number of carbonyl (C=O) groups is 2. The minimum absolute atomic E-state index is 0.331. The number of benzene rings is 2. The quantitative estimate of drug-likeness (QED) is 0.677. The fraction of sp³-hybridized carbons (Fsp3) is 0.176. The van der Waals surface area contributed by atoms with E-state index in [1.807, 2.05) is 4.72 Å². The van der Waals surface area contributed by atoms with E-state index in [0.717, 1.165) is 12.1 Å². The van der Waals surface area contributed by atoms with Gasteiger partial charge in [0.15, 0.2) is 6.10 Å². The monoisotopic (exact) mass is 414 g/mol. The Bertz CT molecular complexity index is 952. The van der Waals surface area contributed by atoms with E-state index in [2.05, 4.69) is 5.32 Å². The van der Waals surface area contributed by atoms with Gasteiger partial charge in [0.2, 0.25) is 10.0 Å². The second-order valence-corrected chi connectivity index (χ2v) is 7.62. The molecule has 0 aliphatic heterocycles. The van der Waals surface area contributed by atoms with E-state index in [9.17, 15) is 22.4 Å². The topological polar surface area (TPSA) is 102 Å². The molecule has 10 heteroatoms. The van der Waals surface area contributed by atoms with Gasteiger partial charge in [0.1, 0.15) is 12.4 Å². The first-order chi connectivity index (χ1) is 12.7. The zero-order chi connectivity index (χ0) is 20.0. The molecule has 0 heterocycles. The van der Waals surface area contributed by atoms with Gasteiger partial charge in [-0.15, -0.1) is 0 Å². The summed E-state index contributed by atoms with van der Waals surface area (Å²) in [6, 6.07) is 10.7. The smallest absolute Gasteiger partial charge is 0.321 e. The predicted octanol–water partition coefficient (Wildman–Crippen LogP) is 2.33. The van der Waals surface area contributed by atoms with E-state index in [1.165, 1.54) is 25.1 Å². The van der Waals surface area contributed by atoms with Crippen molar-refractivity contribution in [2.75, 3.05) is 11.9 Å². The summed E-state index contributed by atoms with van der Waals surface area (Å²) in [5, 5.41) is 2.93. The van der Waals surface area contributed by atoms with Crippen LogP contribution in [0, 0.1) is 5.82 Å². The van der Waals surface area contributed by atoms with E-state index in [-0.39, 0.29) is 4.90 Å². The second-order valence-electron chi connectivity index (χ2n) is 5.41. The molecule has 0 radical (unpaired) electrons. The van der Waals surface area contributed by atoms with Crippen molar-refractivity contribution in [2.24, 2.45) is 0 Å². The molecule has 1 amide bonds. The van der Waals surface area contributed by atoms with Crippen LogP contribution in [0.1, 0.15) is 6.92 Å². The first kappa shape index (κ1) is 20.8. The highest BCUT2D eigenvalue weighted by atomic mass is 35.5. The lowest BCUT2D eigenvalue weighted by atomic mass is 10.3. The van der Waals surface area contributed by atoms with Gasteiger partial charge in [-0.2, -0.15) is 4.72 Å². The Labute approximate surface area is 160 Å². The molecule has 0 unspecified atom stereocenters. The molecule has 0 saturated carbocycles. The first-order valence-electron chi connectivity index (χ1n) is 7.68. The largest absolute Gasteiger partial charge is 0.452 e. The number of rotatable bonds is 7. The highest BCUT2D eigenvalue weighted by Crippen LogP contribution is 2.15. The van der Waals surface area contributed by atoms with Crippen molar-refractivity contribution in [3.05, 3.63) is 59.4 Å². The summed E-state index contributed by atoms with van der Waals surface area (Å²) in [6.45, 7) is 0.618. The lowest BCUT2D eigenvalue weighted by molar-refractivity contribution is -0.151. The Morgan fingerprint density at radius 1 is 1.19 bits per heavy atom. The number of hydrogen-bond acceptors (Lipinski definition) is 5. The number of esters is 1. The SMILES string of the molecule is C[C@@H](OC(=O)CNS(=O)(=O)c1cccc(F)c1)C(=O)Nc1cccc(Cl)c1. The standard InChI is InChI=1S/C17H16ClFN2O5S/c1-11(17(23)21-14-6-2-4-12(18)8-14)26-16(22)10-20-27(24,25)15-7-3-5-13(19)9-15/h2-9,11,20H,10H2,1H3,(H,21,23)/t11-/m1/s1. The molecule has 0 bridgehead atoms. The van der Waals surface area contributed by atoms with Crippen LogP contribution in [0.15, 0.2) is 53.4 Å². The molecule has 144 valence electrons. The van der Waals surface area contributed by atoms with Crippen LogP contribution in [-0.4, -0.2) is 32.9 Å². The highest BCUT2D eigenvalue weighted by Gasteiger charge is 2.21. The van der Waals surface area contributed by atoms with Gasteiger partial charge in [-0.3, -0.25) is 9.59 Å². The Balaban J connectivity index is 1.88. The van der Waals surface area contributed by atoms with Gasteiger partial charge in [-0.05, 0) is 43.3 Å². The number of sulfonamides is 1. The van der Waals surface area contributed by atoms with E-state index in [4.69, 9.17) is 16.3 Å². The average molecular weight is 415 g/mol. The fourth-order valence-corrected chi connectivity index (χ4v) is 3.16. The zero-order valence-corrected chi connectivity index (χ0v) is 15.7. The minimum atomic E-state index is -4.09. The second kappa shape index (κ2) is 8.94. The predicted molar refractivity (Wildman–Crippen MR) is 97.2 cm³/mol. The van der Waals surface area contributed by atoms with Gasteiger partial charge >= 0.3 is 5.97 Å². The molecule has 2 aromatic rings. The Morgan fingerprint density at radius 3 is 2.56 bits per heavy atom. The number of anilines is 1. The lowest BCUT2D eigenvalue weighted by Crippen LogP contribution is -2.35.